The smallest absolute Gasteiger partial charge is 0.294 e. The first-order chi connectivity index (χ1) is 22.1. The summed E-state index contributed by atoms with van der Waals surface area (Å²) in [7, 11) is -4.02. The van der Waals surface area contributed by atoms with Crippen LogP contribution in [0.3, 0.4) is 0 Å². The van der Waals surface area contributed by atoms with E-state index in [0.717, 1.165) is 54.7 Å². The number of benzene rings is 3. The monoisotopic (exact) mass is 650 g/mol. The second kappa shape index (κ2) is 18.5. The molecule has 0 radical (unpaired) electrons. The summed E-state index contributed by atoms with van der Waals surface area (Å²) in [5, 5.41) is 0.789. The van der Waals surface area contributed by atoms with E-state index in [4.69, 9.17) is 19.4 Å². The van der Waals surface area contributed by atoms with Gasteiger partial charge in [0.2, 0.25) is 0 Å². The quantitative estimate of drug-likeness (QED) is 0.0505. The van der Waals surface area contributed by atoms with Gasteiger partial charge in [-0.3, -0.25) is 9.35 Å². The average molecular weight is 651 g/mol. The van der Waals surface area contributed by atoms with Crippen LogP contribution < -0.4 is 10.5 Å². The number of aryl methyl sites for hydroxylation is 2. The molecule has 0 atom stereocenters. The molecule has 9 heteroatoms. The zero-order valence-corrected chi connectivity index (χ0v) is 28.6. The predicted molar refractivity (Wildman–Crippen MR) is 186 cm³/mol. The topological polar surface area (TPSA) is 123 Å². The number of nitrogens with zero attached hydrogens (tertiary/aromatic N) is 1. The molecular formula is C37H50N2O6S. The summed E-state index contributed by atoms with van der Waals surface area (Å²) in [4.78, 5) is 16.0. The van der Waals surface area contributed by atoms with Crippen molar-refractivity contribution in [1.82, 2.24) is 4.90 Å². The number of carbonyl (C=O) groups is 1. The second-order valence-corrected chi connectivity index (χ2v) is 13.1. The van der Waals surface area contributed by atoms with E-state index in [1.807, 2.05) is 49.4 Å². The molecule has 0 saturated heterocycles. The minimum Gasteiger partial charge on any atom is -0.494 e. The highest BCUT2D eigenvalue weighted by Crippen LogP contribution is 2.31. The van der Waals surface area contributed by atoms with Crippen molar-refractivity contribution in [3.05, 3.63) is 89.2 Å². The first kappa shape index (κ1) is 36.8. The summed E-state index contributed by atoms with van der Waals surface area (Å²) in [6.45, 7) is 12.5. The predicted octanol–water partition coefficient (Wildman–Crippen LogP) is 8.50. The van der Waals surface area contributed by atoms with Gasteiger partial charge in [0.1, 0.15) is 17.1 Å². The largest absolute Gasteiger partial charge is 0.494 e. The number of unbranched alkanes of at least 4 members (excludes halogenated alkanes) is 3. The van der Waals surface area contributed by atoms with Gasteiger partial charge in [0.25, 0.3) is 10.1 Å². The molecule has 0 aliphatic rings. The third-order valence-electron chi connectivity index (χ3n) is 7.75. The van der Waals surface area contributed by atoms with Crippen molar-refractivity contribution in [3.8, 4) is 5.75 Å². The van der Waals surface area contributed by atoms with Crippen molar-refractivity contribution >= 4 is 32.6 Å². The highest BCUT2D eigenvalue weighted by atomic mass is 32.2. The molecule has 3 aromatic carbocycles. The van der Waals surface area contributed by atoms with Gasteiger partial charge in [0.05, 0.1) is 17.1 Å². The number of nitrogen functional groups attached to an aromatic ring is 1. The first-order valence-electron chi connectivity index (χ1n) is 16.4. The molecule has 0 amide bonds. The zero-order chi connectivity index (χ0) is 33.5. The molecule has 0 unspecified atom stereocenters. The van der Waals surface area contributed by atoms with Gasteiger partial charge in [0.15, 0.2) is 5.78 Å². The Morgan fingerprint density at radius 1 is 0.848 bits per heavy atom. The van der Waals surface area contributed by atoms with E-state index in [0.29, 0.717) is 29.0 Å². The molecular weight excluding hydrogens is 600 g/mol. The summed E-state index contributed by atoms with van der Waals surface area (Å²) < 4.78 is 41.6. The van der Waals surface area contributed by atoms with E-state index in [9.17, 15) is 13.2 Å². The molecule has 0 aliphatic heterocycles. The fraction of sp³-hybridized carbons (Fsp3) is 0.432. The van der Waals surface area contributed by atoms with Crippen molar-refractivity contribution in [2.45, 2.75) is 84.0 Å². The molecule has 0 aliphatic carbocycles. The van der Waals surface area contributed by atoms with Crippen LogP contribution >= 0.6 is 0 Å². The van der Waals surface area contributed by atoms with Gasteiger partial charge >= 0.3 is 0 Å². The maximum absolute atomic E-state index is 13.5. The average Bonchev–Trinajstić information content (AvgIpc) is 3.40. The minimum atomic E-state index is -4.02. The summed E-state index contributed by atoms with van der Waals surface area (Å²) >= 11 is 0. The van der Waals surface area contributed by atoms with Crippen LogP contribution in [0, 0.1) is 6.92 Å². The first-order valence-corrected chi connectivity index (χ1v) is 17.9. The highest BCUT2D eigenvalue weighted by Gasteiger charge is 2.22. The van der Waals surface area contributed by atoms with Gasteiger partial charge in [-0.15, -0.1) is 0 Å². The summed E-state index contributed by atoms with van der Waals surface area (Å²) in [6.07, 6.45) is 8.69. The Morgan fingerprint density at radius 3 is 2.04 bits per heavy atom. The number of nitrogens with two attached hydrogens (primary N) is 1. The lowest BCUT2D eigenvalue weighted by Crippen LogP contribution is -2.28. The Morgan fingerprint density at radius 2 is 1.46 bits per heavy atom. The molecule has 250 valence electrons. The number of hydrogen-bond donors (Lipinski definition) is 2. The van der Waals surface area contributed by atoms with Crippen LogP contribution in [0.2, 0.25) is 0 Å². The summed E-state index contributed by atoms with van der Waals surface area (Å²) in [5.74, 6) is 1.51. The van der Waals surface area contributed by atoms with Crippen LogP contribution in [0.4, 0.5) is 5.69 Å². The molecule has 8 nitrogen and oxygen atoms in total. The minimum absolute atomic E-state index is 0.0329. The molecule has 0 fully saturated rings. The maximum atomic E-state index is 13.5. The van der Waals surface area contributed by atoms with Gasteiger partial charge in [0, 0.05) is 29.6 Å². The van der Waals surface area contributed by atoms with Gasteiger partial charge in [-0.05, 0) is 100 Å². The number of rotatable bonds is 17. The van der Waals surface area contributed by atoms with Crippen LogP contribution in [0.5, 0.6) is 5.75 Å². The fourth-order valence-electron chi connectivity index (χ4n) is 5.06. The standard InChI is InChI=1S/C30H42N2O3.C7H8O3S/c1-4-7-11-28-29(26-22-24(31)14-17-27(26)35-28)30(33)23-12-15-25(16-13-23)34-21-10-20-32(18-8-5-2)19-9-6-3;1-6-2-4-7(5-3-6)11(8,9)10/h12-17,22H,4-11,18-21,31H2,1-3H3;2-5H,1H3,(H,8,9,10). The number of anilines is 1. The normalized spacial score (nSPS) is 11.4. The number of ketones is 1. The Hall–Kier alpha value is -3.66. The van der Waals surface area contributed by atoms with E-state index in [1.165, 1.54) is 50.9 Å². The Labute approximate surface area is 274 Å². The Balaban J connectivity index is 0.000000441. The van der Waals surface area contributed by atoms with Crippen LogP contribution in [0.1, 0.15) is 93.0 Å². The number of fused-ring (bicyclic) bond motifs is 1. The lowest BCUT2D eigenvalue weighted by Gasteiger charge is -2.21. The Kier molecular flexibility index (Phi) is 14.8. The molecule has 3 N–H and O–H groups in total. The van der Waals surface area contributed by atoms with Crippen molar-refractivity contribution in [3.63, 3.8) is 0 Å². The maximum Gasteiger partial charge on any atom is 0.294 e. The molecule has 1 heterocycles. The van der Waals surface area contributed by atoms with Crippen LogP contribution in [0.25, 0.3) is 11.0 Å². The van der Waals surface area contributed by atoms with Crippen molar-refractivity contribution in [2.24, 2.45) is 0 Å². The van der Waals surface area contributed by atoms with E-state index < -0.39 is 10.1 Å². The lowest BCUT2D eigenvalue weighted by atomic mass is 9.98. The van der Waals surface area contributed by atoms with E-state index in [-0.39, 0.29) is 10.7 Å². The number of carbonyl (C=O) groups excluding carboxylic acids is 1. The second-order valence-electron chi connectivity index (χ2n) is 11.7. The molecule has 4 rings (SSSR count). The third kappa shape index (κ3) is 11.3. The van der Waals surface area contributed by atoms with Gasteiger partial charge in [-0.1, -0.05) is 57.7 Å². The molecule has 4 aromatic rings. The van der Waals surface area contributed by atoms with Gasteiger partial charge in [-0.25, -0.2) is 0 Å². The van der Waals surface area contributed by atoms with Crippen LogP contribution in [-0.4, -0.2) is 49.9 Å². The molecule has 0 spiro atoms. The third-order valence-corrected chi connectivity index (χ3v) is 8.62. The van der Waals surface area contributed by atoms with Gasteiger partial charge in [-0.2, -0.15) is 8.42 Å². The van der Waals surface area contributed by atoms with Crippen LogP contribution in [-0.2, 0) is 16.5 Å². The summed E-state index contributed by atoms with van der Waals surface area (Å²) in [5.41, 5.74) is 9.57. The summed E-state index contributed by atoms with van der Waals surface area (Å²) in [6, 6.07) is 19.0. The van der Waals surface area contributed by atoms with E-state index in [1.54, 1.807) is 12.1 Å². The number of ether oxygens (including phenoxy) is 1. The van der Waals surface area contributed by atoms with E-state index >= 15 is 0 Å². The van der Waals surface area contributed by atoms with Crippen molar-refractivity contribution in [1.29, 1.82) is 0 Å². The number of furan rings is 1. The fourth-order valence-corrected chi connectivity index (χ4v) is 5.54. The molecule has 0 saturated carbocycles. The molecule has 1 aromatic heterocycles. The SMILES string of the molecule is CCCCc1oc2ccc(N)cc2c1C(=O)c1ccc(OCCCN(CCCC)CCCC)cc1.Cc1ccc(S(=O)(=O)O)cc1. The highest BCUT2D eigenvalue weighted by molar-refractivity contribution is 7.85. The molecule has 0 bridgehead atoms. The zero-order valence-electron chi connectivity index (χ0n) is 27.8. The lowest BCUT2D eigenvalue weighted by molar-refractivity contribution is 0.103. The Bertz CT molecular complexity index is 1600. The number of hydrogen-bond acceptors (Lipinski definition) is 7. The van der Waals surface area contributed by atoms with Crippen molar-refractivity contribution in [2.75, 3.05) is 32.0 Å². The van der Waals surface area contributed by atoms with Gasteiger partial charge < -0.3 is 19.8 Å². The van der Waals surface area contributed by atoms with E-state index in [2.05, 4.69) is 25.7 Å². The molecule has 46 heavy (non-hydrogen) atoms. The van der Waals surface area contributed by atoms with Crippen LogP contribution in [0.15, 0.2) is 76.0 Å². The van der Waals surface area contributed by atoms with Crippen molar-refractivity contribution < 1.29 is 26.9 Å².